The van der Waals surface area contributed by atoms with Crippen molar-refractivity contribution in [2.75, 3.05) is 0 Å². The van der Waals surface area contributed by atoms with Gasteiger partial charge < -0.3 is 20.9 Å². The highest BCUT2D eigenvalue weighted by atomic mass is 35.5. The molecule has 0 radical (unpaired) electrons. The van der Waals surface area contributed by atoms with Crippen LogP contribution in [0.2, 0.25) is 0 Å². The molecule has 8 heteroatoms. The fourth-order valence-corrected chi connectivity index (χ4v) is 1.20. The van der Waals surface area contributed by atoms with Crippen LogP contribution in [-0.4, -0.2) is 28.3 Å². The summed E-state index contributed by atoms with van der Waals surface area (Å²) in [6, 6.07) is 0. The predicted octanol–water partition coefficient (Wildman–Crippen LogP) is 3.00. The van der Waals surface area contributed by atoms with Crippen LogP contribution in [0.25, 0.3) is 0 Å². The third-order valence-corrected chi connectivity index (χ3v) is 1.95. The van der Waals surface area contributed by atoms with Gasteiger partial charge in [0.15, 0.2) is 0 Å². The molecule has 0 aliphatic heterocycles. The quantitative estimate of drug-likeness (QED) is 0.594. The summed E-state index contributed by atoms with van der Waals surface area (Å²) < 4.78 is 10.3. The zero-order valence-corrected chi connectivity index (χ0v) is 14.5. The van der Waals surface area contributed by atoms with Crippen molar-refractivity contribution in [2.24, 2.45) is 11.5 Å². The number of imide groups is 1. The molecule has 0 rings (SSSR count). The molecule has 0 aliphatic rings. The number of nitrogens with two attached hydrogens (primary N) is 2. The highest BCUT2D eigenvalue weighted by Gasteiger charge is 2.32. The minimum absolute atomic E-state index is 0.0590. The maximum Gasteiger partial charge on any atom is 0.425 e. The first-order valence-electron chi connectivity index (χ1n) is 6.57. The van der Waals surface area contributed by atoms with Crippen LogP contribution < -0.4 is 11.5 Å². The lowest BCUT2D eigenvalue weighted by Gasteiger charge is -2.28. The zero-order valence-electron chi connectivity index (χ0n) is 13.8. The molecule has 0 saturated carbocycles. The molecule has 2 amide bonds. The van der Waals surface area contributed by atoms with E-state index in [0.29, 0.717) is 4.90 Å². The topological polar surface area (TPSA) is 108 Å². The van der Waals surface area contributed by atoms with Gasteiger partial charge in [-0.1, -0.05) is 11.6 Å². The predicted molar refractivity (Wildman–Crippen MR) is 84.7 cm³/mol. The van der Waals surface area contributed by atoms with Gasteiger partial charge in [0.1, 0.15) is 17.0 Å². The van der Waals surface area contributed by atoms with Gasteiger partial charge in [-0.3, -0.25) is 0 Å². The van der Waals surface area contributed by atoms with Crippen molar-refractivity contribution in [3.8, 4) is 0 Å². The molecule has 22 heavy (non-hydrogen) atoms. The number of amides is 2. The number of ether oxygens (including phenoxy) is 2. The molecule has 0 saturated heterocycles. The lowest BCUT2D eigenvalue weighted by atomic mass is 10.2. The van der Waals surface area contributed by atoms with E-state index in [9.17, 15) is 9.59 Å². The number of rotatable bonds is 2. The Morgan fingerprint density at radius 2 is 1.27 bits per heavy atom. The van der Waals surface area contributed by atoms with Gasteiger partial charge in [0.05, 0.1) is 5.16 Å². The smallest absolute Gasteiger partial charge is 0.425 e. The molecule has 0 aromatic carbocycles. The third-order valence-electron chi connectivity index (χ3n) is 1.82. The van der Waals surface area contributed by atoms with E-state index in [2.05, 4.69) is 0 Å². The average molecular weight is 334 g/mol. The monoisotopic (exact) mass is 333 g/mol. The Morgan fingerprint density at radius 3 is 1.55 bits per heavy atom. The van der Waals surface area contributed by atoms with Crippen molar-refractivity contribution in [2.45, 2.75) is 52.7 Å². The molecule has 0 aliphatic carbocycles. The molecule has 0 fully saturated rings. The lowest BCUT2D eigenvalue weighted by molar-refractivity contribution is 0.00807. The Labute approximate surface area is 135 Å². The van der Waals surface area contributed by atoms with Crippen LogP contribution in [0.1, 0.15) is 41.5 Å². The van der Waals surface area contributed by atoms with Crippen molar-refractivity contribution in [1.29, 1.82) is 0 Å². The van der Waals surface area contributed by atoms with Crippen molar-refractivity contribution in [1.82, 2.24) is 4.90 Å². The van der Waals surface area contributed by atoms with Crippen molar-refractivity contribution in [3.05, 3.63) is 23.1 Å². The zero-order chi connectivity index (χ0) is 17.7. The van der Waals surface area contributed by atoms with Crippen LogP contribution in [0.3, 0.4) is 0 Å². The minimum atomic E-state index is -0.961. The van der Waals surface area contributed by atoms with Gasteiger partial charge in [-0.05, 0) is 53.7 Å². The van der Waals surface area contributed by atoms with Crippen LogP contribution >= 0.6 is 11.6 Å². The highest BCUT2D eigenvalue weighted by molar-refractivity contribution is 6.29. The summed E-state index contributed by atoms with van der Waals surface area (Å²) in [5.41, 5.74) is 9.39. The first-order chi connectivity index (χ1) is 9.73. The third kappa shape index (κ3) is 8.41. The molecule has 0 atom stereocenters. The molecule has 7 nitrogen and oxygen atoms in total. The first kappa shape index (κ1) is 20.1. The number of allylic oxidation sites excluding steroid dienone is 2. The fraction of sp³-hybridized carbons (Fsp3) is 0.571. The molecule has 0 heterocycles. The van der Waals surface area contributed by atoms with Crippen LogP contribution in [-0.2, 0) is 9.47 Å². The summed E-state index contributed by atoms with van der Waals surface area (Å²) in [6.45, 7) is 9.97. The molecular formula is C14H24ClN3O4. The molecule has 0 spiro atoms. The van der Waals surface area contributed by atoms with Gasteiger partial charge >= 0.3 is 12.2 Å². The maximum absolute atomic E-state index is 12.2. The number of halogens is 1. The van der Waals surface area contributed by atoms with E-state index in [4.69, 9.17) is 32.5 Å². The summed E-state index contributed by atoms with van der Waals surface area (Å²) in [7, 11) is 0. The SMILES string of the molecule is CC(C)(C)OC(=O)N(C(=O)OC(C)(C)C)/C(N)=C/C=C(\N)Cl. The number of nitrogens with zero attached hydrogens (tertiary/aromatic N) is 1. The highest BCUT2D eigenvalue weighted by Crippen LogP contribution is 2.16. The largest absolute Gasteiger partial charge is 0.443 e. The second-order valence-electron chi connectivity index (χ2n) is 6.44. The number of carbonyl (C=O) groups excluding carboxylic acids is 2. The van der Waals surface area contributed by atoms with E-state index in [0.717, 1.165) is 0 Å². The Kier molecular flexibility index (Phi) is 6.76. The number of hydrogen-bond donors (Lipinski definition) is 2. The van der Waals surface area contributed by atoms with Gasteiger partial charge in [0, 0.05) is 0 Å². The second kappa shape index (κ2) is 7.40. The van der Waals surface area contributed by atoms with Gasteiger partial charge in [0.25, 0.3) is 0 Å². The number of hydrogen-bond acceptors (Lipinski definition) is 6. The van der Waals surface area contributed by atoms with Gasteiger partial charge in [-0.2, -0.15) is 4.90 Å². The maximum atomic E-state index is 12.2. The summed E-state index contributed by atoms with van der Waals surface area (Å²) in [5, 5.41) is -0.0590. The van der Waals surface area contributed by atoms with E-state index in [1.165, 1.54) is 12.2 Å². The van der Waals surface area contributed by atoms with Gasteiger partial charge in [0.2, 0.25) is 0 Å². The second-order valence-corrected chi connectivity index (χ2v) is 6.88. The summed E-state index contributed by atoms with van der Waals surface area (Å²) in [5.74, 6) is -0.230. The number of carbonyl (C=O) groups is 2. The Hall–Kier alpha value is -1.89. The summed E-state index contributed by atoms with van der Waals surface area (Å²) in [6.07, 6.45) is 0.517. The molecule has 126 valence electrons. The normalized spacial score (nSPS) is 13.6. The van der Waals surface area contributed by atoms with Gasteiger partial charge in [-0.25, -0.2) is 9.59 Å². The van der Waals surface area contributed by atoms with E-state index in [1.807, 2.05) is 0 Å². The fourth-order valence-electron chi connectivity index (χ4n) is 1.14. The molecule has 0 unspecified atom stereocenters. The van der Waals surface area contributed by atoms with Crippen LogP contribution in [0.5, 0.6) is 0 Å². The molecule has 0 aromatic heterocycles. The van der Waals surface area contributed by atoms with Crippen LogP contribution in [0.15, 0.2) is 23.1 Å². The Morgan fingerprint density at radius 1 is 0.909 bits per heavy atom. The van der Waals surface area contributed by atoms with Crippen LogP contribution in [0, 0.1) is 0 Å². The molecular weight excluding hydrogens is 310 g/mol. The van der Waals surface area contributed by atoms with Crippen molar-refractivity contribution >= 4 is 23.8 Å². The van der Waals surface area contributed by atoms with E-state index in [-0.39, 0.29) is 11.0 Å². The summed E-state index contributed by atoms with van der Waals surface area (Å²) in [4.78, 5) is 24.9. The Bertz CT molecular complexity index is 455. The van der Waals surface area contributed by atoms with E-state index < -0.39 is 23.4 Å². The van der Waals surface area contributed by atoms with Gasteiger partial charge in [-0.15, -0.1) is 0 Å². The lowest BCUT2D eigenvalue weighted by Crippen LogP contribution is -2.44. The molecule has 0 bridgehead atoms. The first-order valence-corrected chi connectivity index (χ1v) is 6.95. The summed E-state index contributed by atoms with van der Waals surface area (Å²) >= 11 is 5.49. The minimum Gasteiger partial charge on any atom is -0.443 e. The molecule has 4 N–H and O–H groups in total. The standard InChI is InChI=1S/C14H24ClN3O4/c1-13(2,3)21-11(19)18(10(17)8-7-9(15)16)12(20)22-14(4,5)6/h7-8H,16-17H2,1-6H3/b9-7-,10-8+. The van der Waals surface area contributed by atoms with E-state index in [1.54, 1.807) is 41.5 Å². The van der Waals surface area contributed by atoms with Crippen LogP contribution in [0.4, 0.5) is 9.59 Å². The average Bonchev–Trinajstić information content (AvgIpc) is 2.20. The molecule has 0 aromatic rings. The Balaban J connectivity index is 5.49. The van der Waals surface area contributed by atoms with E-state index >= 15 is 0 Å². The van der Waals surface area contributed by atoms with Crippen molar-refractivity contribution < 1.29 is 19.1 Å². The van der Waals surface area contributed by atoms with Crippen molar-refractivity contribution in [3.63, 3.8) is 0 Å².